The lowest BCUT2D eigenvalue weighted by Crippen LogP contribution is -2.57. The molecule has 0 bridgehead atoms. The van der Waals surface area contributed by atoms with Gasteiger partial charge in [-0.05, 0) is 31.7 Å². The average Bonchev–Trinajstić information content (AvgIpc) is 2.74. The summed E-state index contributed by atoms with van der Waals surface area (Å²) < 4.78 is 0. The van der Waals surface area contributed by atoms with Crippen LogP contribution in [-0.4, -0.2) is 37.8 Å². The van der Waals surface area contributed by atoms with Crippen molar-refractivity contribution in [2.24, 2.45) is 5.92 Å². The molecule has 0 radical (unpaired) electrons. The molecule has 1 saturated heterocycles. The summed E-state index contributed by atoms with van der Waals surface area (Å²) in [5.74, 6) is 0.364. The summed E-state index contributed by atoms with van der Waals surface area (Å²) in [6, 6.07) is 10.4. The lowest BCUT2D eigenvalue weighted by Gasteiger charge is -2.52. The van der Waals surface area contributed by atoms with Gasteiger partial charge in [0.25, 0.3) is 0 Å². The van der Waals surface area contributed by atoms with Crippen molar-refractivity contribution >= 4 is 0 Å². The SMILES string of the molecule is Cc1ncc(CO)c(CN2CC[C@](O)(c3ccccc3)[C@@H]3CCCC[C@H]32)c1O. The first-order valence-electron chi connectivity index (χ1n) is 10.3. The van der Waals surface area contributed by atoms with Crippen LogP contribution in [0.5, 0.6) is 5.75 Å². The normalized spacial score (nSPS) is 28.1. The number of nitrogens with zero attached hydrogens (tertiary/aromatic N) is 2. The van der Waals surface area contributed by atoms with Crippen LogP contribution in [0.2, 0.25) is 0 Å². The standard InChI is InChI=1S/C23H30N2O3/c1-16-22(27)19(17(15-26)13-24-16)14-25-12-11-23(28,18-7-3-2-4-8-18)20-9-5-6-10-21(20)25/h2-4,7-8,13,20-21,26-28H,5-6,9-12,14-15H2,1H3/t20-,21-,23+/m1/s1. The molecule has 1 aliphatic heterocycles. The van der Waals surface area contributed by atoms with E-state index in [9.17, 15) is 15.3 Å². The Morgan fingerprint density at radius 2 is 1.93 bits per heavy atom. The van der Waals surface area contributed by atoms with E-state index in [-0.39, 0.29) is 24.3 Å². The molecule has 3 N–H and O–H groups in total. The molecular weight excluding hydrogens is 352 g/mol. The molecule has 0 amide bonds. The highest BCUT2D eigenvalue weighted by molar-refractivity contribution is 5.40. The number of piperidine rings is 1. The summed E-state index contributed by atoms with van der Waals surface area (Å²) in [6.07, 6.45) is 6.72. The fourth-order valence-electron chi connectivity index (χ4n) is 5.25. The zero-order chi connectivity index (χ0) is 19.7. The van der Waals surface area contributed by atoms with Crippen molar-refractivity contribution in [2.75, 3.05) is 6.54 Å². The Hall–Kier alpha value is -1.95. The maximum atomic E-state index is 11.7. The third-order valence-corrected chi connectivity index (χ3v) is 6.83. The van der Waals surface area contributed by atoms with E-state index < -0.39 is 5.60 Å². The number of fused-ring (bicyclic) bond motifs is 1. The van der Waals surface area contributed by atoms with Gasteiger partial charge in [-0.2, -0.15) is 0 Å². The molecule has 2 fully saturated rings. The molecule has 28 heavy (non-hydrogen) atoms. The molecule has 2 aliphatic rings. The van der Waals surface area contributed by atoms with E-state index in [0.717, 1.165) is 43.4 Å². The minimum atomic E-state index is -0.793. The van der Waals surface area contributed by atoms with E-state index in [2.05, 4.69) is 9.88 Å². The van der Waals surface area contributed by atoms with Gasteiger partial charge in [-0.25, -0.2) is 0 Å². The molecule has 2 aromatic rings. The molecule has 1 aromatic heterocycles. The molecule has 0 spiro atoms. The highest BCUT2D eigenvalue weighted by Crippen LogP contribution is 2.47. The molecular formula is C23H30N2O3. The Morgan fingerprint density at radius 1 is 1.18 bits per heavy atom. The highest BCUT2D eigenvalue weighted by atomic mass is 16.3. The fourth-order valence-corrected chi connectivity index (χ4v) is 5.25. The second-order valence-corrected chi connectivity index (χ2v) is 8.32. The summed E-state index contributed by atoms with van der Waals surface area (Å²) in [5, 5.41) is 32.0. The minimum absolute atomic E-state index is 0.133. The van der Waals surface area contributed by atoms with Crippen LogP contribution in [0.25, 0.3) is 0 Å². The zero-order valence-electron chi connectivity index (χ0n) is 16.5. The first-order valence-corrected chi connectivity index (χ1v) is 10.3. The number of likely N-dealkylation sites (tertiary alicyclic amines) is 1. The Bertz CT molecular complexity index is 826. The third kappa shape index (κ3) is 3.32. The zero-order valence-corrected chi connectivity index (χ0v) is 16.5. The molecule has 150 valence electrons. The number of aliphatic hydroxyl groups excluding tert-OH is 1. The second-order valence-electron chi connectivity index (χ2n) is 8.32. The summed E-state index contributed by atoms with van der Waals surface area (Å²) in [4.78, 5) is 6.58. The Morgan fingerprint density at radius 3 is 2.68 bits per heavy atom. The minimum Gasteiger partial charge on any atom is -0.506 e. The maximum absolute atomic E-state index is 11.7. The number of aromatic hydroxyl groups is 1. The Kier molecular flexibility index (Phi) is 5.41. The van der Waals surface area contributed by atoms with Crippen molar-refractivity contribution in [3.05, 3.63) is 58.9 Å². The summed E-state index contributed by atoms with van der Waals surface area (Å²) >= 11 is 0. The number of aromatic nitrogens is 1. The van der Waals surface area contributed by atoms with Crippen LogP contribution < -0.4 is 0 Å². The average molecular weight is 383 g/mol. The lowest BCUT2D eigenvalue weighted by atomic mass is 9.66. The van der Waals surface area contributed by atoms with Crippen LogP contribution >= 0.6 is 0 Å². The number of hydrogen-bond donors (Lipinski definition) is 3. The highest BCUT2D eigenvalue weighted by Gasteiger charge is 2.49. The van der Waals surface area contributed by atoms with Crippen LogP contribution in [-0.2, 0) is 18.8 Å². The third-order valence-electron chi connectivity index (χ3n) is 6.83. The van der Waals surface area contributed by atoms with Crippen LogP contribution in [0.15, 0.2) is 36.5 Å². The van der Waals surface area contributed by atoms with Gasteiger partial charge in [0.1, 0.15) is 5.75 Å². The molecule has 5 nitrogen and oxygen atoms in total. The largest absolute Gasteiger partial charge is 0.506 e. The quantitative estimate of drug-likeness (QED) is 0.757. The Balaban J connectivity index is 1.64. The van der Waals surface area contributed by atoms with E-state index in [1.807, 2.05) is 30.3 Å². The molecule has 1 saturated carbocycles. The predicted octanol–water partition coefficient (Wildman–Crippen LogP) is 3.24. The van der Waals surface area contributed by atoms with Gasteiger partial charge >= 0.3 is 0 Å². The van der Waals surface area contributed by atoms with E-state index in [4.69, 9.17) is 0 Å². The van der Waals surface area contributed by atoms with Crippen molar-refractivity contribution in [2.45, 2.75) is 63.8 Å². The van der Waals surface area contributed by atoms with Gasteiger partial charge in [0.05, 0.1) is 17.9 Å². The van der Waals surface area contributed by atoms with Crippen molar-refractivity contribution in [1.29, 1.82) is 0 Å². The molecule has 5 heteroatoms. The maximum Gasteiger partial charge on any atom is 0.141 e. The number of rotatable bonds is 4. The summed E-state index contributed by atoms with van der Waals surface area (Å²) in [6.45, 7) is 3.00. The molecule has 3 atom stereocenters. The number of hydrogen-bond acceptors (Lipinski definition) is 5. The second kappa shape index (κ2) is 7.82. The predicted molar refractivity (Wildman–Crippen MR) is 108 cm³/mol. The van der Waals surface area contributed by atoms with E-state index >= 15 is 0 Å². The lowest BCUT2D eigenvalue weighted by molar-refractivity contribution is -0.123. The van der Waals surface area contributed by atoms with Crippen LogP contribution in [0.3, 0.4) is 0 Å². The van der Waals surface area contributed by atoms with Crippen molar-refractivity contribution in [3.8, 4) is 5.75 Å². The smallest absolute Gasteiger partial charge is 0.141 e. The Labute approximate surface area is 166 Å². The van der Waals surface area contributed by atoms with Gasteiger partial charge in [0.15, 0.2) is 0 Å². The van der Waals surface area contributed by atoms with Crippen LogP contribution in [0, 0.1) is 12.8 Å². The summed E-state index contributed by atoms with van der Waals surface area (Å²) in [5.41, 5.74) is 2.26. The first kappa shape index (κ1) is 19.4. The number of aliphatic hydroxyl groups is 2. The van der Waals surface area contributed by atoms with Crippen molar-refractivity contribution < 1.29 is 15.3 Å². The van der Waals surface area contributed by atoms with E-state index in [0.29, 0.717) is 24.2 Å². The van der Waals surface area contributed by atoms with E-state index in [1.54, 1.807) is 13.1 Å². The molecule has 0 unspecified atom stereocenters. The molecule has 1 aliphatic carbocycles. The number of pyridine rings is 1. The molecule has 4 rings (SSSR count). The van der Waals surface area contributed by atoms with Gasteiger partial charge in [0.2, 0.25) is 0 Å². The monoisotopic (exact) mass is 382 g/mol. The van der Waals surface area contributed by atoms with Gasteiger partial charge < -0.3 is 15.3 Å². The topological polar surface area (TPSA) is 76.8 Å². The number of benzene rings is 1. The van der Waals surface area contributed by atoms with Crippen LogP contribution in [0.1, 0.15) is 54.5 Å². The van der Waals surface area contributed by atoms with Crippen LogP contribution in [0.4, 0.5) is 0 Å². The first-order chi connectivity index (χ1) is 13.5. The number of aryl methyl sites for hydroxylation is 1. The molecule has 1 aromatic carbocycles. The molecule has 2 heterocycles. The van der Waals surface area contributed by atoms with Gasteiger partial charge in [-0.15, -0.1) is 0 Å². The van der Waals surface area contributed by atoms with Gasteiger partial charge in [-0.1, -0.05) is 43.2 Å². The van der Waals surface area contributed by atoms with Crippen molar-refractivity contribution in [3.63, 3.8) is 0 Å². The van der Waals surface area contributed by atoms with Gasteiger partial charge in [0, 0.05) is 42.4 Å². The fraction of sp³-hybridized carbons (Fsp3) is 0.522. The van der Waals surface area contributed by atoms with E-state index in [1.165, 1.54) is 0 Å². The van der Waals surface area contributed by atoms with Gasteiger partial charge in [-0.3, -0.25) is 9.88 Å². The summed E-state index contributed by atoms with van der Waals surface area (Å²) in [7, 11) is 0. The van der Waals surface area contributed by atoms with Crippen molar-refractivity contribution in [1.82, 2.24) is 9.88 Å².